The predicted octanol–water partition coefficient (Wildman–Crippen LogP) is 5.13. The Morgan fingerprint density at radius 3 is 2.28 bits per heavy atom. The summed E-state index contributed by atoms with van der Waals surface area (Å²) in [5.41, 5.74) is 2.93. The van der Waals surface area contributed by atoms with E-state index in [1.165, 1.54) is 12.0 Å². The Balaban J connectivity index is 1.89. The number of esters is 1. The zero-order chi connectivity index (χ0) is 28.1. The van der Waals surface area contributed by atoms with Crippen molar-refractivity contribution in [2.75, 3.05) is 25.2 Å². The molecule has 1 fully saturated rings. The average molecular weight is 530 g/mol. The summed E-state index contributed by atoms with van der Waals surface area (Å²) in [5, 5.41) is 11.6. The first-order chi connectivity index (χ1) is 18.8. The summed E-state index contributed by atoms with van der Waals surface area (Å²) in [6.07, 6.45) is 0.0781. The van der Waals surface area contributed by atoms with Crippen LogP contribution in [-0.2, 0) is 25.5 Å². The van der Waals surface area contributed by atoms with Gasteiger partial charge in [0.2, 0.25) is 0 Å². The molecule has 1 heterocycles. The Morgan fingerprint density at radius 2 is 1.64 bits per heavy atom. The van der Waals surface area contributed by atoms with Gasteiger partial charge in [-0.3, -0.25) is 19.3 Å². The number of rotatable bonds is 9. The molecule has 3 aromatic rings. The molecule has 1 saturated heterocycles. The van der Waals surface area contributed by atoms with Gasteiger partial charge < -0.3 is 19.3 Å². The number of aliphatic hydroxyl groups excluding tert-OH is 1. The molecular formula is C31H31NO7. The van der Waals surface area contributed by atoms with Crippen LogP contribution < -0.4 is 14.4 Å². The SMILES string of the molecule is CCOc1ccc(/C(O)=C2\C(=O)C(=O)N(c3ccc(CC(=O)OC)cc3)C2c2ccccc2C)c(OCC)c1. The van der Waals surface area contributed by atoms with Gasteiger partial charge in [-0.1, -0.05) is 36.4 Å². The smallest absolute Gasteiger partial charge is 0.309 e. The quantitative estimate of drug-likeness (QED) is 0.177. The second-order valence-electron chi connectivity index (χ2n) is 8.97. The minimum atomic E-state index is -0.890. The molecule has 4 rings (SSSR count). The van der Waals surface area contributed by atoms with Crippen LogP contribution >= 0.6 is 0 Å². The van der Waals surface area contributed by atoms with Crippen LogP contribution in [0, 0.1) is 6.92 Å². The van der Waals surface area contributed by atoms with Crippen LogP contribution in [0.5, 0.6) is 11.5 Å². The molecule has 8 heteroatoms. The summed E-state index contributed by atoms with van der Waals surface area (Å²) in [5.74, 6) is -1.41. The monoisotopic (exact) mass is 529 g/mol. The zero-order valence-electron chi connectivity index (χ0n) is 22.4. The van der Waals surface area contributed by atoms with Crippen molar-refractivity contribution in [1.82, 2.24) is 0 Å². The molecule has 1 atom stereocenters. The van der Waals surface area contributed by atoms with E-state index in [-0.39, 0.29) is 29.3 Å². The molecule has 0 radical (unpaired) electrons. The van der Waals surface area contributed by atoms with Gasteiger partial charge in [-0.05, 0) is 61.7 Å². The lowest BCUT2D eigenvalue weighted by molar-refractivity contribution is -0.139. The molecule has 0 bridgehead atoms. The number of anilines is 1. The Hall–Kier alpha value is -4.59. The highest BCUT2D eigenvalue weighted by Gasteiger charge is 2.47. The highest BCUT2D eigenvalue weighted by Crippen LogP contribution is 2.44. The Bertz CT molecular complexity index is 1430. The second kappa shape index (κ2) is 11.9. The third kappa shape index (κ3) is 5.50. The molecule has 0 aliphatic carbocycles. The number of hydrogen-bond donors (Lipinski definition) is 1. The molecule has 8 nitrogen and oxygen atoms in total. The van der Waals surface area contributed by atoms with Crippen LogP contribution in [0.3, 0.4) is 0 Å². The minimum Gasteiger partial charge on any atom is -0.507 e. The molecule has 39 heavy (non-hydrogen) atoms. The van der Waals surface area contributed by atoms with Crippen molar-refractivity contribution in [1.29, 1.82) is 0 Å². The number of methoxy groups -OCH3 is 1. The number of Topliss-reactive ketones (excluding diaryl/α,β-unsaturated/α-hetero) is 1. The number of aliphatic hydroxyl groups is 1. The number of carbonyl (C=O) groups is 3. The minimum absolute atomic E-state index is 0.0435. The number of nitrogens with zero attached hydrogens (tertiary/aromatic N) is 1. The Kier molecular flexibility index (Phi) is 8.34. The van der Waals surface area contributed by atoms with Crippen molar-refractivity contribution in [3.05, 3.63) is 94.6 Å². The number of ether oxygens (including phenoxy) is 3. The van der Waals surface area contributed by atoms with Gasteiger partial charge in [0.05, 0.1) is 43.9 Å². The summed E-state index contributed by atoms with van der Waals surface area (Å²) in [4.78, 5) is 40.1. The standard InChI is InChI=1S/C31H31NO7/c1-5-38-22-15-16-24(25(18-22)39-6-2)29(34)27-28(23-10-8-7-9-19(23)3)32(31(36)30(27)35)21-13-11-20(12-14-21)17-26(33)37-4/h7-16,18,28,34H,5-6,17H2,1-4H3/b29-27+. The molecule has 0 saturated carbocycles. The number of aryl methyl sites for hydroxylation is 1. The third-order valence-electron chi connectivity index (χ3n) is 6.54. The normalized spacial score (nSPS) is 16.3. The fraction of sp³-hybridized carbons (Fsp3) is 0.258. The molecule has 0 spiro atoms. The van der Waals surface area contributed by atoms with Crippen LogP contribution in [0.2, 0.25) is 0 Å². The number of carbonyl (C=O) groups excluding carboxylic acids is 3. The van der Waals surface area contributed by atoms with Gasteiger partial charge in [0.15, 0.2) is 0 Å². The number of benzene rings is 3. The maximum Gasteiger partial charge on any atom is 0.309 e. The molecule has 0 aromatic heterocycles. The lowest BCUT2D eigenvalue weighted by Gasteiger charge is -2.27. The van der Waals surface area contributed by atoms with Crippen LogP contribution in [0.25, 0.3) is 5.76 Å². The number of amides is 1. The fourth-order valence-corrected chi connectivity index (χ4v) is 4.67. The first kappa shape index (κ1) is 27.4. The van der Waals surface area contributed by atoms with E-state index in [1.807, 2.05) is 45.0 Å². The van der Waals surface area contributed by atoms with Crippen LogP contribution in [-0.4, -0.2) is 43.1 Å². The molecule has 3 aromatic carbocycles. The predicted molar refractivity (Wildman–Crippen MR) is 147 cm³/mol. The van der Waals surface area contributed by atoms with Crippen molar-refractivity contribution >= 4 is 29.1 Å². The van der Waals surface area contributed by atoms with Crippen LogP contribution in [0.1, 0.15) is 42.1 Å². The van der Waals surface area contributed by atoms with Gasteiger partial charge in [0.25, 0.3) is 11.7 Å². The Labute approximate surface area is 227 Å². The Morgan fingerprint density at radius 1 is 0.949 bits per heavy atom. The zero-order valence-corrected chi connectivity index (χ0v) is 22.4. The summed E-state index contributed by atoms with van der Waals surface area (Å²) >= 11 is 0. The highest BCUT2D eigenvalue weighted by molar-refractivity contribution is 6.51. The topological polar surface area (TPSA) is 102 Å². The van der Waals surface area contributed by atoms with E-state index in [0.29, 0.717) is 41.5 Å². The van der Waals surface area contributed by atoms with Gasteiger partial charge >= 0.3 is 5.97 Å². The van der Waals surface area contributed by atoms with Crippen LogP contribution in [0.4, 0.5) is 5.69 Å². The summed E-state index contributed by atoms with van der Waals surface area (Å²) in [7, 11) is 1.32. The van der Waals surface area contributed by atoms with E-state index in [1.54, 1.807) is 42.5 Å². The summed E-state index contributed by atoms with van der Waals surface area (Å²) < 4.78 is 16.1. The van der Waals surface area contributed by atoms with Gasteiger partial charge in [-0.2, -0.15) is 0 Å². The second-order valence-corrected chi connectivity index (χ2v) is 8.97. The third-order valence-corrected chi connectivity index (χ3v) is 6.54. The molecule has 1 N–H and O–H groups in total. The van der Waals surface area contributed by atoms with E-state index in [9.17, 15) is 19.5 Å². The molecule has 1 aliphatic rings. The van der Waals surface area contributed by atoms with E-state index >= 15 is 0 Å². The van der Waals surface area contributed by atoms with Gasteiger partial charge in [0, 0.05) is 11.8 Å². The van der Waals surface area contributed by atoms with Gasteiger partial charge in [-0.25, -0.2) is 0 Å². The highest BCUT2D eigenvalue weighted by atomic mass is 16.5. The molecule has 202 valence electrons. The van der Waals surface area contributed by atoms with Crippen molar-refractivity contribution < 1.29 is 33.7 Å². The first-order valence-corrected chi connectivity index (χ1v) is 12.7. The van der Waals surface area contributed by atoms with Crippen molar-refractivity contribution in [2.45, 2.75) is 33.2 Å². The van der Waals surface area contributed by atoms with E-state index in [2.05, 4.69) is 0 Å². The number of ketones is 1. The van der Waals surface area contributed by atoms with E-state index in [0.717, 1.165) is 5.56 Å². The lowest BCUT2D eigenvalue weighted by Crippen LogP contribution is -2.29. The van der Waals surface area contributed by atoms with E-state index in [4.69, 9.17) is 14.2 Å². The van der Waals surface area contributed by atoms with E-state index < -0.39 is 17.7 Å². The van der Waals surface area contributed by atoms with Crippen molar-refractivity contribution in [3.63, 3.8) is 0 Å². The van der Waals surface area contributed by atoms with Gasteiger partial charge in [-0.15, -0.1) is 0 Å². The summed E-state index contributed by atoms with van der Waals surface area (Å²) in [6, 6.07) is 18.2. The maximum absolute atomic E-state index is 13.6. The molecule has 1 amide bonds. The molecule has 1 aliphatic heterocycles. The van der Waals surface area contributed by atoms with Crippen LogP contribution in [0.15, 0.2) is 72.3 Å². The molecular weight excluding hydrogens is 498 g/mol. The molecule has 1 unspecified atom stereocenters. The first-order valence-electron chi connectivity index (χ1n) is 12.7. The van der Waals surface area contributed by atoms with Crippen molar-refractivity contribution in [3.8, 4) is 11.5 Å². The summed E-state index contributed by atoms with van der Waals surface area (Å²) in [6.45, 7) is 6.33. The largest absolute Gasteiger partial charge is 0.507 e. The van der Waals surface area contributed by atoms with Gasteiger partial charge in [0.1, 0.15) is 17.3 Å². The fourth-order valence-electron chi connectivity index (χ4n) is 4.67. The maximum atomic E-state index is 13.6. The van der Waals surface area contributed by atoms with Crippen molar-refractivity contribution in [2.24, 2.45) is 0 Å². The average Bonchev–Trinajstić information content (AvgIpc) is 3.19. The lowest BCUT2D eigenvalue weighted by atomic mass is 9.92. The number of hydrogen-bond acceptors (Lipinski definition) is 7.